The quantitative estimate of drug-likeness (QED) is 0.144. The zero-order chi connectivity index (χ0) is 33.9. The number of amides is 1. The van der Waals surface area contributed by atoms with E-state index in [9.17, 15) is 4.79 Å². The number of carbonyl (C=O) groups is 1. The predicted octanol–water partition coefficient (Wildman–Crippen LogP) is 9.35. The number of hydrogen-bond donors (Lipinski definition) is 0. The van der Waals surface area contributed by atoms with Crippen molar-refractivity contribution in [2.45, 2.75) is 84.4 Å². The van der Waals surface area contributed by atoms with E-state index in [-0.39, 0.29) is 16.7 Å². The maximum Gasteiger partial charge on any atom is 0.290 e. The van der Waals surface area contributed by atoms with Gasteiger partial charge in [0.2, 0.25) is 0 Å². The average molecular weight is 643 g/mol. The van der Waals surface area contributed by atoms with Crippen LogP contribution in [0, 0.1) is 6.92 Å². The molecule has 6 nitrogen and oxygen atoms in total. The molecule has 0 spiro atoms. The number of fused-ring (bicyclic) bond motifs is 1. The van der Waals surface area contributed by atoms with Gasteiger partial charge in [-0.05, 0) is 106 Å². The minimum absolute atomic E-state index is 0.125. The highest BCUT2D eigenvalue weighted by atomic mass is 16.5. The summed E-state index contributed by atoms with van der Waals surface area (Å²) in [6.07, 6.45) is 6.47. The van der Waals surface area contributed by atoms with Crippen LogP contribution in [0.25, 0.3) is 0 Å². The van der Waals surface area contributed by atoms with Crippen LogP contribution in [0.3, 0.4) is 0 Å². The van der Waals surface area contributed by atoms with E-state index in [1.807, 2.05) is 66.7 Å². The molecule has 0 radical (unpaired) electrons. The Bertz CT molecular complexity index is 1870. The summed E-state index contributed by atoms with van der Waals surface area (Å²) < 4.78 is 18.1. The van der Waals surface area contributed by atoms with Gasteiger partial charge in [0, 0.05) is 31.9 Å². The first-order chi connectivity index (χ1) is 23.0. The number of aromatic nitrogens is 1. The number of benzene rings is 3. The Hall–Kier alpha value is -4.84. The van der Waals surface area contributed by atoms with Gasteiger partial charge in [-0.2, -0.15) is 0 Å². The van der Waals surface area contributed by atoms with E-state index in [1.165, 1.54) is 28.7 Å². The molecule has 0 N–H and O–H groups in total. The maximum atomic E-state index is 14.1. The monoisotopic (exact) mass is 642 g/mol. The second-order valence-electron chi connectivity index (χ2n) is 14.3. The second kappa shape index (κ2) is 13.7. The molecule has 0 atom stereocenters. The topological polar surface area (TPSA) is 64.8 Å². The van der Waals surface area contributed by atoms with Crippen molar-refractivity contribution in [1.29, 1.82) is 0 Å². The van der Waals surface area contributed by atoms with Crippen LogP contribution in [0.1, 0.15) is 95.8 Å². The summed E-state index contributed by atoms with van der Waals surface area (Å²) in [6.45, 7) is 12.8. The number of rotatable bonds is 11. The lowest BCUT2D eigenvalue weighted by Gasteiger charge is -2.42. The summed E-state index contributed by atoms with van der Waals surface area (Å²) in [5.74, 6) is 2.20. The molecule has 2 heterocycles. The lowest BCUT2D eigenvalue weighted by Crippen LogP contribution is -2.34. The number of nitrogens with zero attached hydrogens (tertiary/aromatic N) is 2. The van der Waals surface area contributed by atoms with Gasteiger partial charge in [0.05, 0.1) is 7.11 Å². The molecule has 3 aromatic carbocycles. The highest BCUT2D eigenvalue weighted by Gasteiger charge is 2.37. The van der Waals surface area contributed by atoms with Gasteiger partial charge in [0.15, 0.2) is 17.3 Å². The molecule has 5 aromatic rings. The minimum Gasteiger partial charge on any atom is -0.493 e. The molecule has 6 heteroatoms. The van der Waals surface area contributed by atoms with E-state index in [1.54, 1.807) is 30.5 Å². The molecule has 248 valence electrons. The zero-order valence-electron chi connectivity index (χ0n) is 29.0. The summed E-state index contributed by atoms with van der Waals surface area (Å²) in [7, 11) is 1.63. The van der Waals surface area contributed by atoms with Crippen LogP contribution in [-0.2, 0) is 36.9 Å². The van der Waals surface area contributed by atoms with Crippen molar-refractivity contribution in [2.75, 3.05) is 7.11 Å². The molecule has 1 aliphatic carbocycles. The molecule has 0 saturated carbocycles. The first-order valence-electron chi connectivity index (χ1n) is 16.8. The van der Waals surface area contributed by atoms with Gasteiger partial charge in [-0.25, -0.2) is 0 Å². The summed E-state index contributed by atoms with van der Waals surface area (Å²) in [5.41, 5.74) is 8.64. The van der Waals surface area contributed by atoms with Gasteiger partial charge in [-0.15, -0.1) is 0 Å². The van der Waals surface area contributed by atoms with Gasteiger partial charge in [-0.1, -0.05) is 76.2 Å². The van der Waals surface area contributed by atoms with E-state index in [4.69, 9.17) is 13.9 Å². The van der Waals surface area contributed by atoms with Crippen LogP contribution in [0.2, 0.25) is 0 Å². The highest BCUT2D eigenvalue weighted by molar-refractivity contribution is 5.91. The Kier molecular flexibility index (Phi) is 9.45. The molecule has 0 bridgehead atoms. The Morgan fingerprint density at radius 1 is 0.792 bits per heavy atom. The van der Waals surface area contributed by atoms with Crippen LogP contribution in [0.5, 0.6) is 11.5 Å². The number of pyridine rings is 1. The average Bonchev–Trinajstić information content (AvgIpc) is 3.55. The van der Waals surface area contributed by atoms with E-state index >= 15 is 0 Å². The largest absolute Gasteiger partial charge is 0.493 e. The van der Waals surface area contributed by atoms with Gasteiger partial charge in [-0.3, -0.25) is 9.78 Å². The van der Waals surface area contributed by atoms with Crippen molar-refractivity contribution < 1.29 is 18.7 Å². The first kappa shape index (κ1) is 33.1. The first-order valence-corrected chi connectivity index (χ1v) is 16.8. The molecular formula is C42H46N2O4. The van der Waals surface area contributed by atoms with Gasteiger partial charge < -0.3 is 18.8 Å². The molecule has 0 fully saturated rings. The molecule has 1 aliphatic rings. The Morgan fingerprint density at radius 2 is 1.48 bits per heavy atom. The third-order valence-corrected chi connectivity index (χ3v) is 9.80. The van der Waals surface area contributed by atoms with Gasteiger partial charge >= 0.3 is 0 Å². The fraction of sp³-hybridized carbons (Fsp3) is 0.333. The van der Waals surface area contributed by atoms with E-state index in [0.717, 1.165) is 28.9 Å². The minimum atomic E-state index is -0.175. The molecule has 0 aliphatic heterocycles. The van der Waals surface area contributed by atoms with Gasteiger partial charge in [0.1, 0.15) is 12.4 Å². The number of carbonyl (C=O) groups excluding carboxylic acids is 1. The van der Waals surface area contributed by atoms with Crippen LogP contribution in [0.15, 0.2) is 102 Å². The molecular weight excluding hydrogens is 596 g/mol. The fourth-order valence-electron chi connectivity index (χ4n) is 6.68. The van der Waals surface area contributed by atoms with E-state index in [2.05, 4.69) is 51.7 Å². The Labute approximate surface area is 284 Å². The Morgan fingerprint density at radius 3 is 2.19 bits per heavy atom. The SMILES string of the molecule is COc1cc(CN(Cc2ccncc2)C(=O)c2ccc(Cc3cc4c(cc3C)C(C)(C)CCC4(C)C)o2)ccc1OCc1ccccc1. The molecule has 6 rings (SSSR count). The zero-order valence-corrected chi connectivity index (χ0v) is 29.0. The number of aryl methyl sites for hydroxylation is 1. The molecule has 0 unspecified atom stereocenters. The summed E-state index contributed by atoms with van der Waals surface area (Å²) in [5, 5.41) is 0. The van der Waals surface area contributed by atoms with E-state index in [0.29, 0.717) is 43.4 Å². The summed E-state index contributed by atoms with van der Waals surface area (Å²) in [6, 6.07) is 28.2. The smallest absolute Gasteiger partial charge is 0.290 e. The maximum absolute atomic E-state index is 14.1. The third-order valence-electron chi connectivity index (χ3n) is 9.80. The highest BCUT2D eigenvalue weighted by Crippen LogP contribution is 2.46. The molecule has 2 aromatic heterocycles. The molecule has 48 heavy (non-hydrogen) atoms. The van der Waals surface area contributed by atoms with Crippen molar-refractivity contribution in [3.8, 4) is 11.5 Å². The number of methoxy groups -OCH3 is 1. The Balaban J connectivity index is 1.22. The fourth-order valence-corrected chi connectivity index (χ4v) is 6.68. The summed E-state index contributed by atoms with van der Waals surface area (Å²) in [4.78, 5) is 20.0. The van der Waals surface area contributed by atoms with Crippen molar-refractivity contribution >= 4 is 5.91 Å². The molecule has 0 saturated heterocycles. The van der Waals surface area contributed by atoms with Crippen molar-refractivity contribution in [1.82, 2.24) is 9.88 Å². The summed E-state index contributed by atoms with van der Waals surface area (Å²) >= 11 is 0. The normalized spacial score (nSPS) is 14.6. The van der Waals surface area contributed by atoms with Crippen molar-refractivity contribution in [3.63, 3.8) is 0 Å². The number of ether oxygens (including phenoxy) is 2. The lowest BCUT2D eigenvalue weighted by atomic mass is 9.62. The standard InChI is InChI=1S/C42H46N2O4/c1-29-22-35-36(42(4,5)19-18-41(35,2)3)25-33(29)24-34-13-15-38(48-34)40(45)44(26-30-16-20-43-21-17-30)27-32-12-14-37(39(23-32)46-6)47-28-31-10-8-7-9-11-31/h7-17,20-23,25H,18-19,24,26-28H2,1-6H3. The van der Waals surface area contributed by atoms with E-state index < -0.39 is 0 Å². The number of furan rings is 1. The third kappa shape index (κ3) is 7.33. The van der Waals surface area contributed by atoms with Crippen LogP contribution in [0.4, 0.5) is 0 Å². The van der Waals surface area contributed by atoms with Crippen molar-refractivity contribution in [2.24, 2.45) is 0 Å². The number of hydrogen-bond acceptors (Lipinski definition) is 5. The second-order valence-corrected chi connectivity index (χ2v) is 14.3. The van der Waals surface area contributed by atoms with Gasteiger partial charge in [0.25, 0.3) is 5.91 Å². The van der Waals surface area contributed by atoms with Crippen LogP contribution < -0.4 is 9.47 Å². The van der Waals surface area contributed by atoms with Crippen LogP contribution >= 0.6 is 0 Å². The van der Waals surface area contributed by atoms with Crippen molar-refractivity contribution in [3.05, 3.63) is 148 Å². The molecule has 1 amide bonds. The lowest BCUT2D eigenvalue weighted by molar-refractivity contribution is 0.0695. The van der Waals surface area contributed by atoms with Crippen LogP contribution in [-0.4, -0.2) is 22.9 Å². The predicted molar refractivity (Wildman–Crippen MR) is 190 cm³/mol.